The van der Waals surface area contributed by atoms with Crippen molar-refractivity contribution in [2.75, 3.05) is 18.1 Å². The molecule has 1 unspecified atom stereocenters. The fourth-order valence-electron chi connectivity index (χ4n) is 2.24. The third-order valence-corrected chi connectivity index (χ3v) is 7.31. The van der Waals surface area contributed by atoms with Gasteiger partial charge in [0.05, 0.1) is 5.52 Å². The van der Waals surface area contributed by atoms with E-state index in [1.807, 2.05) is 0 Å². The number of nitrogens with one attached hydrogen (secondary N) is 1. The highest BCUT2D eigenvalue weighted by molar-refractivity contribution is 9.10. The second kappa shape index (κ2) is 6.16. The minimum Gasteiger partial charge on any atom is -0.507 e. The molecule has 2 heterocycles. The Kier molecular flexibility index (Phi) is 4.57. The predicted octanol–water partition coefficient (Wildman–Crippen LogP) is 2.79. The topological polar surface area (TPSA) is 79.3 Å². The van der Waals surface area contributed by atoms with Gasteiger partial charge in [0, 0.05) is 39.0 Å². The molecule has 22 heavy (non-hydrogen) atoms. The molecule has 1 aromatic carbocycles. The maximum absolute atomic E-state index is 12.7. The number of benzene rings is 1. The molecular formula is C13H12BrClN2O3S2. The molecule has 5 nitrogen and oxygen atoms in total. The lowest BCUT2D eigenvalue weighted by Crippen LogP contribution is -2.43. The van der Waals surface area contributed by atoms with Crippen molar-refractivity contribution >= 4 is 60.0 Å². The molecular weight excluding hydrogens is 412 g/mol. The van der Waals surface area contributed by atoms with Crippen LogP contribution in [0, 0.1) is 0 Å². The van der Waals surface area contributed by atoms with Gasteiger partial charge in [0.15, 0.2) is 5.03 Å². The maximum atomic E-state index is 12.7. The number of sulfone groups is 1. The highest BCUT2D eigenvalue weighted by Crippen LogP contribution is 2.34. The van der Waals surface area contributed by atoms with Gasteiger partial charge in [-0.1, -0.05) is 11.6 Å². The van der Waals surface area contributed by atoms with Gasteiger partial charge in [0.25, 0.3) is 0 Å². The average molecular weight is 424 g/mol. The van der Waals surface area contributed by atoms with Crippen molar-refractivity contribution in [3.05, 3.63) is 27.7 Å². The van der Waals surface area contributed by atoms with Crippen molar-refractivity contribution in [1.29, 1.82) is 0 Å². The van der Waals surface area contributed by atoms with Gasteiger partial charge in [-0.15, -0.1) is 0 Å². The summed E-state index contributed by atoms with van der Waals surface area (Å²) >= 11 is 10.8. The van der Waals surface area contributed by atoms with Crippen LogP contribution in [0.4, 0.5) is 0 Å². The summed E-state index contributed by atoms with van der Waals surface area (Å²) in [6.07, 6.45) is 0. The first kappa shape index (κ1) is 16.3. The molecule has 1 aliphatic heterocycles. The summed E-state index contributed by atoms with van der Waals surface area (Å²) in [7, 11) is -3.66. The molecule has 2 N–H and O–H groups in total. The number of fused-ring (bicyclic) bond motifs is 1. The number of halogens is 2. The lowest BCUT2D eigenvalue weighted by atomic mass is 10.2. The van der Waals surface area contributed by atoms with Crippen molar-refractivity contribution in [3.63, 3.8) is 0 Å². The molecule has 1 aromatic heterocycles. The van der Waals surface area contributed by atoms with Crippen molar-refractivity contribution in [2.45, 2.75) is 10.4 Å². The molecule has 1 saturated heterocycles. The largest absolute Gasteiger partial charge is 0.507 e. The van der Waals surface area contributed by atoms with Gasteiger partial charge in [-0.2, -0.15) is 11.8 Å². The molecule has 9 heteroatoms. The maximum Gasteiger partial charge on any atom is 0.212 e. The van der Waals surface area contributed by atoms with E-state index in [-0.39, 0.29) is 10.8 Å². The quantitative estimate of drug-likeness (QED) is 0.773. The summed E-state index contributed by atoms with van der Waals surface area (Å²) in [6, 6.07) is 4.35. The zero-order valence-electron chi connectivity index (χ0n) is 11.2. The molecule has 0 radical (unpaired) electrons. The monoisotopic (exact) mass is 422 g/mol. The van der Waals surface area contributed by atoms with E-state index in [0.29, 0.717) is 32.7 Å². The molecule has 1 fully saturated rings. The van der Waals surface area contributed by atoms with Crippen molar-refractivity contribution in [2.24, 2.45) is 0 Å². The molecule has 0 spiro atoms. The Hall–Kier alpha value is -0.540. The van der Waals surface area contributed by atoms with Gasteiger partial charge < -0.3 is 5.11 Å². The van der Waals surface area contributed by atoms with Crippen LogP contribution >= 0.6 is 39.3 Å². The van der Waals surface area contributed by atoms with Crippen LogP contribution in [0.25, 0.3) is 10.9 Å². The number of aromatic hydroxyl groups is 1. The van der Waals surface area contributed by atoms with Crippen LogP contribution in [0.5, 0.6) is 5.75 Å². The van der Waals surface area contributed by atoms with Crippen LogP contribution in [0.2, 0.25) is 5.02 Å². The Morgan fingerprint density at radius 1 is 1.41 bits per heavy atom. The zero-order valence-corrected chi connectivity index (χ0v) is 15.2. The van der Waals surface area contributed by atoms with E-state index >= 15 is 0 Å². The number of aromatic nitrogens is 1. The van der Waals surface area contributed by atoms with Crippen molar-refractivity contribution in [1.82, 2.24) is 10.3 Å². The Morgan fingerprint density at radius 2 is 2.18 bits per heavy atom. The van der Waals surface area contributed by atoms with Gasteiger partial charge >= 0.3 is 0 Å². The van der Waals surface area contributed by atoms with Crippen LogP contribution in [0.15, 0.2) is 27.7 Å². The normalized spacial score (nSPS) is 19.5. The van der Waals surface area contributed by atoms with Gasteiger partial charge in [-0.3, -0.25) is 5.32 Å². The van der Waals surface area contributed by atoms with Crippen LogP contribution in [0.3, 0.4) is 0 Å². The lowest BCUT2D eigenvalue weighted by Gasteiger charge is -2.23. The number of hydrogen-bond acceptors (Lipinski definition) is 6. The lowest BCUT2D eigenvalue weighted by molar-refractivity contribution is 0.478. The average Bonchev–Trinajstić information content (AvgIpc) is 2.49. The number of nitrogens with zero attached hydrogens (tertiary/aromatic N) is 1. The SMILES string of the molecule is O=S(=O)(c1cc(O)c2cc(Cl)cc(Br)c2n1)C1CSCCN1. The summed E-state index contributed by atoms with van der Waals surface area (Å²) in [5.74, 6) is 1.19. The van der Waals surface area contributed by atoms with E-state index in [1.54, 1.807) is 23.9 Å². The molecule has 0 aliphatic carbocycles. The predicted molar refractivity (Wildman–Crippen MR) is 92.4 cm³/mol. The molecule has 118 valence electrons. The Balaban J connectivity index is 2.15. The standard InChI is InChI=1S/C13H12BrClN2O3S2/c14-9-4-7(15)3-8-10(18)5-11(17-13(8)9)22(19,20)12-6-21-2-1-16-12/h3-5,12,16H,1-2,6H2,(H,17,18). The zero-order chi connectivity index (χ0) is 15.9. The van der Waals surface area contributed by atoms with Gasteiger partial charge in [-0.25, -0.2) is 13.4 Å². The van der Waals surface area contributed by atoms with Gasteiger partial charge in [-0.05, 0) is 28.1 Å². The highest BCUT2D eigenvalue weighted by Gasteiger charge is 2.31. The fraction of sp³-hybridized carbons (Fsp3) is 0.308. The van der Waals surface area contributed by atoms with E-state index in [9.17, 15) is 13.5 Å². The van der Waals surface area contributed by atoms with Crippen molar-refractivity contribution in [3.8, 4) is 5.75 Å². The van der Waals surface area contributed by atoms with Crippen LogP contribution in [-0.4, -0.2) is 41.9 Å². The third-order valence-electron chi connectivity index (χ3n) is 3.34. The van der Waals surface area contributed by atoms with Crippen LogP contribution < -0.4 is 5.32 Å². The second-order valence-corrected chi connectivity index (χ2v) is 9.34. The highest BCUT2D eigenvalue weighted by atomic mass is 79.9. The van der Waals surface area contributed by atoms with E-state index in [2.05, 4.69) is 26.2 Å². The number of pyridine rings is 1. The molecule has 3 rings (SSSR count). The van der Waals surface area contributed by atoms with Crippen molar-refractivity contribution < 1.29 is 13.5 Å². The minimum absolute atomic E-state index is 0.138. The van der Waals surface area contributed by atoms with Gasteiger partial charge in [0.2, 0.25) is 9.84 Å². The smallest absolute Gasteiger partial charge is 0.212 e. The minimum atomic E-state index is -3.66. The van der Waals surface area contributed by atoms with E-state index in [4.69, 9.17) is 11.6 Å². The van der Waals surface area contributed by atoms with E-state index < -0.39 is 15.2 Å². The fourth-order valence-corrected chi connectivity index (χ4v) is 6.03. The number of thioether (sulfide) groups is 1. The molecule has 1 aliphatic rings. The Labute approximate surface area is 145 Å². The first-order chi connectivity index (χ1) is 10.4. The molecule has 1 atom stereocenters. The first-order valence-corrected chi connectivity index (χ1v) is 10.3. The summed E-state index contributed by atoms with van der Waals surface area (Å²) in [4.78, 5) is 4.22. The second-order valence-electron chi connectivity index (χ2n) is 4.83. The number of rotatable bonds is 2. The Morgan fingerprint density at radius 3 is 2.86 bits per heavy atom. The van der Waals surface area contributed by atoms with Crippen LogP contribution in [0.1, 0.15) is 0 Å². The van der Waals surface area contributed by atoms with Gasteiger partial charge in [0.1, 0.15) is 11.1 Å². The summed E-state index contributed by atoms with van der Waals surface area (Å²) in [6.45, 7) is 0.632. The molecule has 2 aromatic rings. The van der Waals surface area contributed by atoms with E-state index in [1.165, 1.54) is 6.07 Å². The number of hydrogen-bond donors (Lipinski definition) is 2. The summed E-state index contributed by atoms with van der Waals surface area (Å²) < 4.78 is 25.9. The Bertz CT molecular complexity index is 839. The molecule has 0 amide bonds. The van der Waals surface area contributed by atoms with Crippen LogP contribution in [-0.2, 0) is 9.84 Å². The molecule has 0 bridgehead atoms. The molecule has 0 saturated carbocycles. The summed E-state index contributed by atoms with van der Waals surface area (Å²) in [5.41, 5.74) is 0.367. The van der Waals surface area contributed by atoms with E-state index in [0.717, 1.165) is 5.75 Å². The third kappa shape index (κ3) is 2.94. The summed E-state index contributed by atoms with van der Waals surface area (Å²) in [5, 5.41) is 13.1. The first-order valence-electron chi connectivity index (χ1n) is 6.43.